The summed E-state index contributed by atoms with van der Waals surface area (Å²) in [5.74, 6) is 3.09. The maximum absolute atomic E-state index is 4.59. The molecular formula is C13H19N7. The maximum Gasteiger partial charge on any atom is 0.230 e. The first-order valence-electron chi connectivity index (χ1n) is 6.90. The molecule has 0 aromatic carbocycles. The summed E-state index contributed by atoms with van der Waals surface area (Å²) in [6.07, 6.45) is 6.74. The van der Waals surface area contributed by atoms with Crippen LogP contribution in [0.5, 0.6) is 0 Å². The van der Waals surface area contributed by atoms with Crippen LogP contribution in [0.2, 0.25) is 0 Å². The van der Waals surface area contributed by atoms with E-state index in [4.69, 9.17) is 0 Å². The number of anilines is 2. The Morgan fingerprint density at radius 3 is 2.65 bits per heavy atom. The van der Waals surface area contributed by atoms with Gasteiger partial charge in [-0.25, -0.2) is 4.98 Å². The van der Waals surface area contributed by atoms with Gasteiger partial charge in [-0.1, -0.05) is 0 Å². The van der Waals surface area contributed by atoms with E-state index in [-0.39, 0.29) is 0 Å². The van der Waals surface area contributed by atoms with Crippen molar-refractivity contribution in [3.63, 3.8) is 0 Å². The van der Waals surface area contributed by atoms with Gasteiger partial charge in [-0.15, -0.1) is 0 Å². The van der Waals surface area contributed by atoms with Crippen molar-refractivity contribution in [1.29, 1.82) is 0 Å². The molecule has 1 N–H and O–H groups in total. The molecule has 0 saturated carbocycles. The van der Waals surface area contributed by atoms with Crippen LogP contribution in [0.15, 0.2) is 12.4 Å². The first-order chi connectivity index (χ1) is 9.76. The predicted octanol–water partition coefficient (Wildman–Crippen LogP) is 0.838. The molecule has 0 amide bonds. The van der Waals surface area contributed by atoms with Gasteiger partial charge >= 0.3 is 0 Å². The molecule has 0 unspecified atom stereocenters. The van der Waals surface area contributed by atoms with Crippen LogP contribution in [0.25, 0.3) is 0 Å². The molecule has 0 bridgehead atoms. The van der Waals surface area contributed by atoms with Gasteiger partial charge in [0.05, 0.1) is 6.42 Å². The first-order valence-corrected chi connectivity index (χ1v) is 6.90. The number of hydrogen-bond donors (Lipinski definition) is 1. The Morgan fingerprint density at radius 2 is 2.00 bits per heavy atom. The second kappa shape index (κ2) is 5.44. The lowest BCUT2D eigenvalue weighted by Crippen LogP contribution is -2.22. The Hall–Kier alpha value is -2.18. The van der Waals surface area contributed by atoms with E-state index in [0.717, 1.165) is 30.7 Å². The highest BCUT2D eigenvalue weighted by Crippen LogP contribution is 2.17. The van der Waals surface area contributed by atoms with Crippen LogP contribution in [0.4, 0.5) is 11.9 Å². The van der Waals surface area contributed by atoms with Gasteiger partial charge in [0.1, 0.15) is 11.6 Å². The third-order valence-corrected chi connectivity index (χ3v) is 3.52. The van der Waals surface area contributed by atoms with Gasteiger partial charge in [-0.05, 0) is 12.8 Å². The Labute approximate surface area is 118 Å². The zero-order valence-corrected chi connectivity index (χ0v) is 11.9. The van der Waals surface area contributed by atoms with Gasteiger partial charge in [0, 0.05) is 39.6 Å². The minimum atomic E-state index is 0.613. The molecule has 2 aromatic rings. The van der Waals surface area contributed by atoms with Crippen molar-refractivity contribution in [3.05, 3.63) is 24.0 Å². The Kier molecular flexibility index (Phi) is 3.49. The molecule has 20 heavy (non-hydrogen) atoms. The molecular weight excluding hydrogens is 254 g/mol. The number of nitrogens with one attached hydrogen (secondary N) is 1. The molecule has 0 aliphatic carbocycles. The Bertz CT molecular complexity index is 586. The van der Waals surface area contributed by atoms with Crippen molar-refractivity contribution in [2.24, 2.45) is 7.05 Å². The molecule has 1 saturated heterocycles. The van der Waals surface area contributed by atoms with Crippen molar-refractivity contribution in [1.82, 2.24) is 24.5 Å². The lowest BCUT2D eigenvalue weighted by Gasteiger charge is -2.16. The standard InChI is InChI=1S/C13H19N7/c1-14-12-16-10(9-11-15-5-8-19(11)2)17-13(18-12)20-6-3-4-7-20/h5,8H,3-4,6-7,9H2,1-2H3,(H,14,16,17,18). The summed E-state index contributed by atoms with van der Waals surface area (Å²) in [6, 6.07) is 0. The van der Waals surface area contributed by atoms with Crippen LogP contribution in [-0.4, -0.2) is 44.6 Å². The van der Waals surface area contributed by atoms with E-state index in [1.165, 1.54) is 12.8 Å². The molecule has 0 atom stereocenters. The summed E-state index contributed by atoms with van der Waals surface area (Å²) in [7, 11) is 3.80. The smallest absolute Gasteiger partial charge is 0.230 e. The van der Waals surface area contributed by atoms with Gasteiger partial charge in [-0.2, -0.15) is 15.0 Å². The van der Waals surface area contributed by atoms with E-state index in [9.17, 15) is 0 Å². The molecule has 3 rings (SSSR count). The number of imidazole rings is 1. The summed E-state index contributed by atoms with van der Waals surface area (Å²) in [6.45, 7) is 2.05. The van der Waals surface area contributed by atoms with Crippen molar-refractivity contribution in [2.45, 2.75) is 19.3 Å². The third-order valence-electron chi connectivity index (χ3n) is 3.52. The van der Waals surface area contributed by atoms with Crippen LogP contribution >= 0.6 is 0 Å². The molecule has 1 aliphatic heterocycles. The number of nitrogens with zero attached hydrogens (tertiary/aromatic N) is 6. The zero-order chi connectivity index (χ0) is 13.9. The SMILES string of the molecule is CNc1nc(Cc2nccn2C)nc(N2CCCC2)n1. The minimum Gasteiger partial charge on any atom is -0.357 e. The van der Waals surface area contributed by atoms with E-state index < -0.39 is 0 Å². The normalized spacial score (nSPS) is 14.8. The third kappa shape index (κ3) is 2.56. The molecule has 7 nitrogen and oxygen atoms in total. The van der Waals surface area contributed by atoms with E-state index in [1.807, 2.05) is 24.9 Å². The fraction of sp³-hybridized carbons (Fsp3) is 0.538. The first kappa shape index (κ1) is 12.8. The highest BCUT2D eigenvalue weighted by atomic mass is 15.3. The van der Waals surface area contributed by atoms with E-state index in [0.29, 0.717) is 12.4 Å². The minimum absolute atomic E-state index is 0.613. The average molecular weight is 273 g/mol. The molecule has 3 heterocycles. The van der Waals surface area contributed by atoms with Crippen LogP contribution in [0.1, 0.15) is 24.5 Å². The summed E-state index contributed by atoms with van der Waals surface area (Å²) < 4.78 is 1.98. The summed E-state index contributed by atoms with van der Waals surface area (Å²) in [5, 5.41) is 3.01. The second-order valence-corrected chi connectivity index (χ2v) is 4.95. The van der Waals surface area contributed by atoms with Gasteiger partial charge in [0.2, 0.25) is 11.9 Å². The summed E-state index contributed by atoms with van der Waals surface area (Å²) in [4.78, 5) is 20.0. The van der Waals surface area contributed by atoms with Crippen molar-refractivity contribution < 1.29 is 0 Å². The van der Waals surface area contributed by atoms with Gasteiger partial charge in [-0.3, -0.25) is 0 Å². The lowest BCUT2D eigenvalue weighted by molar-refractivity contribution is 0.779. The molecule has 0 radical (unpaired) electrons. The lowest BCUT2D eigenvalue weighted by atomic mass is 10.4. The summed E-state index contributed by atoms with van der Waals surface area (Å²) in [5.41, 5.74) is 0. The van der Waals surface area contributed by atoms with Crippen molar-refractivity contribution >= 4 is 11.9 Å². The highest BCUT2D eigenvalue weighted by molar-refractivity contribution is 5.37. The number of aromatic nitrogens is 5. The fourth-order valence-electron chi connectivity index (χ4n) is 2.37. The maximum atomic E-state index is 4.59. The predicted molar refractivity (Wildman–Crippen MR) is 76.8 cm³/mol. The van der Waals surface area contributed by atoms with Crippen molar-refractivity contribution in [3.8, 4) is 0 Å². The highest BCUT2D eigenvalue weighted by Gasteiger charge is 2.17. The molecule has 7 heteroatoms. The molecule has 1 fully saturated rings. The van der Waals surface area contributed by atoms with Gasteiger partial charge in [0.15, 0.2) is 0 Å². The number of aryl methyl sites for hydroxylation is 1. The van der Waals surface area contributed by atoms with E-state index >= 15 is 0 Å². The van der Waals surface area contributed by atoms with Crippen LogP contribution in [0.3, 0.4) is 0 Å². The molecule has 0 spiro atoms. The summed E-state index contributed by atoms with van der Waals surface area (Å²) >= 11 is 0. The van der Waals surface area contributed by atoms with E-state index in [1.54, 1.807) is 6.20 Å². The van der Waals surface area contributed by atoms with Gasteiger partial charge in [0.25, 0.3) is 0 Å². The fourth-order valence-corrected chi connectivity index (χ4v) is 2.37. The largest absolute Gasteiger partial charge is 0.357 e. The molecule has 106 valence electrons. The van der Waals surface area contributed by atoms with E-state index in [2.05, 4.69) is 30.2 Å². The Balaban J connectivity index is 1.89. The Morgan fingerprint density at radius 1 is 1.20 bits per heavy atom. The van der Waals surface area contributed by atoms with Crippen molar-refractivity contribution in [2.75, 3.05) is 30.4 Å². The van der Waals surface area contributed by atoms with Crippen LogP contribution in [0, 0.1) is 0 Å². The number of rotatable bonds is 4. The topological polar surface area (TPSA) is 71.8 Å². The monoisotopic (exact) mass is 273 g/mol. The van der Waals surface area contributed by atoms with Gasteiger partial charge < -0.3 is 14.8 Å². The van der Waals surface area contributed by atoms with Crippen LogP contribution < -0.4 is 10.2 Å². The second-order valence-electron chi connectivity index (χ2n) is 4.95. The molecule has 2 aromatic heterocycles. The molecule has 1 aliphatic rings. The zero-order valence-electron chi connectivity index (χ0n) is 11.9. The average Bonchev–Trinajstić information content (AvgIpc) is 3.11. The number of hydrogen-bond acceptors (Lipinski definition) is 6. The quantitative estimate of drug-likeness (QED) is 0.890. The van der Waals surface area contributed by atoms with Crippen LogP contribution in [-0.2, 0) is 13.5 Å².